The first kappa shape index (κ1) is 17.3. The summed E-state index contributed by atoms with van der Waals surface area (Å²) in [5.74, 6) is 1.10. The van der Waals surface area contributed by atoms with Crippen molar-refractivity contribution >= 4 is 29.1 Å². The number of hydrazone groups is 1. The average molecular weight is 496 g/mol. The minimum Gasteiger partial charge on any atom is -0.375 e. The number of allylic oxidation sites excluding steroid dienone is 1. The van der Waals surface area contributed by atoms with Gasteiger partial charge in [-0.25, -0.2) is 0 Å². The summed E-state index contributed by atoms with van der Waals surface area (Å²) in [4.78, 5) is 4.28. The first-order valence-electron chi connectivity index (χ1n) is 7.15. The molecule has 3 unspecified atom stereocenters. The first-order chi connectivity index (χ1) is 10.1. The molecule has 0 amide bonds. The molecule has 3 aliphatic rings. The van der Waals surface area contributed by atoms with Crippen molar-refractivity contribution in [3.05, 3.63) is 35.7 Å². The second-order valence-corrected chi connectivity index (χ2v) is 6.11. The van der Waals surface area contributed by atoms with Crippen LogP contribution in [0.5, 0.6) is 0 Å². The second-order valence-electron chi connectivity index (χ2n) is 5.67. The molecule has 1 aromatic rings. The Labute approximate surface area is 149 Å². The van der Waals surface area contributed by atoms with E-state index >= 15 is 0 Å². The number of thiocarbonyl (C=S) groups is 1. The number of hydrogen-bond acceptors (Lipinski definition) is 4. The molecule has 7 heteroatoms. The van der Waals surface area contributed by atoms with E-state index in [1.807, 2.05) is 12.1 Å². The fourth-order valence-electron chi connectivity index (χ4n) is 3.33. The topological polar surface area (TPSA) is 89.3 Å². The van der Waals surface area contributed by atoms with Gasteiger partial charge in [0.1, 0.15) is 0 Å². The van der Waals surface area contributed by atoms with E-state index in [2.05, 4.69) is 21.6 Å². The van der Waals surface area contributed by atoms with Crippen LogP contribution in [0.2, 0.25) is 0 Å². The number of fused-ring (bicyclic) bond motifs is 2. The third kappa shape index (κ3) is 3.80. The van der Waals surface area contributed by atoms with Crippen molar-refractivity contribution < 1.29 is 21.1 Å². The minimum absolute atomic E-state index is 0. The summed E-state index contributed by atoms with van der Waals surface area (Å²) < 4.78 is 0. The third-order valence-corrected chi connectivity index (χ3v) is 4.33. The van der Waals surface area contributed by atoms with Gasteiger partial charge in [-0.15, -0.1) is 0 Å². The molecule has 1 saturated carbocycles. The molecule has 1 fully saturated rings. The van der Waals surface area contributed by atoms with Crippen LogP contribution in [0.1, 0.15) is 30.5 Å². The first-order valence-corrected chi connectivity index (χ1v) is 7.56. The van der Waals surface area contributed by atoms with Crippen LogP contribution in [0.15, 0.2) is 29.5 Å². The van der Waals surface area contributed by atoms with E-state index in [0.29, 0.717) is 11.8 Å². The van der Waals surface area contributed by atoms with Gasteiger partial charge in [-0.1, -0.05) is 6.08 Å². The van der Waals surface area contributed by atoms with E-state index in [-0.39, 0.29) is 32.2 Å². The number of nitrogens with two attached hydrogens (primary N) is 2. The molecule has 0 radical (unpaired) electrons. The molecule has 3 atom stereocenters. The Kier molecular flexibility index (Phi) is 5.84. The van der Waals surface area contributed by atoms with Gasteiger partial charge in [-0.3, -0.25) is 10.4 Å². The Bertz CT molecular complexity index is 616. The molecular formula is C15H19N5PtS+2. The molecule has 0 saturated heterocycles. The van der Waals surface area contributed by atoms with Gasteiger partial charge in [0.15, 0.2) is 5.11 Å². The van der Waals surface area contributed by atoms with E-state index in [1.165, 1.54) is 24.0 Å². The van der Waals surface area contributed by atoms with Gasteiger partial charge in [0.2, 0.25) is 0 Å². The van der Waals surface area contributed by atoms with Gasteiger partial charge in [0.05, 0.1) is 11.9 Å². The Morgan fingerprint density at radius 3 is 2.95 bits per heavy atom. The normalized spacial score (nSPS) is 26.4. The van der Waals surface area contributed by atoms with Crippen molar-refractivity contribution in [1.82, 2.24) is 10.4 Å². The molecule has 3 aliphatic carbocycles. The van der Waals surface area contributed by atoms with Crippen molar-refractivity contribution in [2.45, 2.75) is 25.3 Å². The summed E-state index contributed by atoms with van der Waals surface area (Å²) in [5.41, 5.74) is 17.5. The zero-order chi connectivity index (χ0) is 14.8. The molecule has 0 spiro atoms. The van der Waals surface area contributed by atoms with Crippen LogP contribution < -0.4 is 16.9 Å². The fraction of sp³-hybridized carbons (Fsp3) is 0.400. The van der Waals surface area contributed by atoms with Gasteiger partial charge in [-0.05, 0) is 66.6 Å². The van der Waals surface area contributed by atoms with Crippen LogP contribution in [0.4, 0.5) is 0 Å². The molecule has 22 heavy (non-hydrogen) atoms. The third-order valence-electron chi connectivity index (χ3n) is 4.24. The molecule has 0 aliphatic heterocycles. The van der Waals surface area contributed by atoms with Gasteiger partial charge in [-0.2, -0.15) is 5.10 Å². The Morgan fingerprint density at radius 1 is 1.45 bits per heavy atom. The number of pyridine rings is 1. The van der Waals surface area contributed by atoms with Crippen LogP contribution in [-0.4, -0.2) is 22.4 Å². The van der Waals surface area contributed by atoms with Crippen LogP contribution in [0, 0.1) is 11.8 Å². The zero-order valence-corrected chi connectivity index (χ0v) is 15.1. The maximum atomic E-state index is 6.28. The summed E-state index contributed by atoms with van der Waals surface area (Å²) in [7, 11) is 0. The van der Waals surface area contributed by atoms with Crippen molar-refractivity contribution in [2.24, 2.45) is 28.4 Å². The molecule has 118 valence electrons. The SMILES string of the molecule is NC(=S)N/N=C/c1cc(C2=CC3CCC2C(N)C3)ccn1.[Pt+2]. The molecular weight excluding hydrogens is 477 g/mol. The van der Waals surface area contributed by atoms with Crippen molar-refractivity contribution in [2.75, 3.05) is 0 Å². The van der Waals surface area contributed by atoms with Crippen LogP contribution >= 0.6 is 12.2 Å². The van der Waals surface area contributed by atoms with Crippen LogP contribution in [0.25, 0.3) is 5.57 Å². The van der Waals surface area contributed by atoms with Crippen LogP contribution in [0.3, 0.4) is 0 Å². The fourth-order valence-corrected chi connectivity index (χ4v) is 3.38. The number of aromatic nitrogens is 1. The Balaban J connectivity index is 0.00000176. The average Bonchev–Trinajstić information content (AvgIpc) is 2.47. The summed E-state index contributed by atoms with van der Waals surface area (Å²) in [6, 6.07) is 4.35. The molecule has 4 rings (SSSR count). The standard InChI is InChI=1S/C15H19N5S.Pt/c16-14-6-9-1-2-12(14)13(5-9)10-3-4-18-11(7-10)8-19-20-15(17)21;/h3-5,7-9,12,14H,1-2,6,16H2,(H3,17,20,21);/q;+2/b19-8+;. The zero-order valence-electron chi connectivity index (χ0n) is 12.0. The predicted molar refractivity (Wildman–Crippen MR) is 88.5 cm³/mol. The van der Waals surface area contributed by atoms with E-state index in [9.17, 15) is 0 Å². The van der Waals surface area contributed by atoms with Crippen molar-refractivity contribution in [3.8, 4) is 0 Å². The number of hydrogen-bond donors (Lipinski definition) is 3. The minimum atomic E-state index is 0. The Morgan fingerprint density at radius 2 is 2.27 bits per heavy atom. The van der Waals surface area contributed by atoms with E-state index in [0.717, 1.165) is 12.1 Å². The molecule has 2 bridgehead atoms. The summed E-state index contributed by atoms with van der Waals surface area (Å²) in [5, 5.41) is 4.08. The number of rotatable bonds is 3. The van der Waals surface area contributed by atoms with E-state index < -0.39 is 0 Å². The van der Waals surface area contributed by atoms with E-state index in [4.69, 9.17) is 23.7 Å². The molecule has 1 aromatic heterocycles. The van der Waals surface area contributed by atoms with Gasteiger partial charge >= 0.3 is 21.1 Å². The van der Waals surface area contributed by atoms with Gasteiger partial charge < -0.3 is 11.5 Å². The van der Waals surface area contributed by atoms with Crippen molar-refractivity contribution in [3.63, 3.8) is 0 Å². The van der Waals surface area contributed by atoms with Crippen molar-refractivity contribution in [1.29, 1.82) is 0 Å². The monoisotopic (exact) mass is 496 g/mol. The summed E-state index contributed by atoms with van der Waals surface area (Å²) in [6.07, 6.45) is 9.37. The Hall–Kier alpha value is -1.10. The number of nitrogens with zero attached hydrogens (tertiary/aromatic N) is 2. The van der Waals surface area contributed by atoms with Crippen LogP contribution in [-0.2, 0) is 21.1 Å². The summed E-state index contributed by atoms with van der Waals surface area (Å²) >= 11 is 4.70. The second kappa shape index (κ2) is 7.44. The largest absolute Gasteiger partial charge is 2.00 e. The maximum Gasteiger partial charge on any atom is 2.00 e. The molecule has 0 aromatic carbocycles. The van der Waals surface area contributed by atoms with Gasteiger partial charge in [0, 0.05) is 12.2 Å². The molecule has 5 nitrogen and oxygen atoms in total. The quantitative estimate of drug-likeness (QED) is 0.335. The maximum absolute atomic E-state index is 6.28. The molecule has 5 N–H and O–H groups in total. The predicted octanol–water partition coefficient (Wildman–Crippen LogP) is 1.39. The number of nitrogens with one attached hydrogen (secondary N) is 1. The van der Waals surface area contributed by atoms with E-state index in [1.54, 1.807) is 12.4 Å². The molecule has 1 heterocycles. The summed E-state index contributed by atoms with van der Waals surface area (Å²) in [6.45, 7) is 0. The smallest absolute Gasteiger partial charge is 0.375 e. The van der Waals surface area contributed by atoms with Gasteiger partial charge in [0.25, 0.3) is 0 Å².